The number of nitrogens with zero attached hydrogens (tertiary/aromatic N) is 4. The molecule has 3 rings (SSSR count). The summed E-state index contributed by atoms with van der Waals surface area (Å²) in [6.45, 7) is 1.97. The molecule has 3 heterocycles. The molecule has 0 aliphatic rings. The average Bonchev–Trinajstić information content (AvgIpc) is 2.84. The average molecular weight is 262 g/mol. The molecule has 0 amide bonds. The Morgan fingerprint density at radius 2 is 2.25 bits per heavy atom. The Kier molecular flexibility index (Phi) is 3.42. The van der Waals surface area contributed by atoms with Gasteiger partial charge >= 0.3 is 0 Å². The topological polar surface area (TPSA) is 43.1 Å². The van der Waals surface area contributed by atoms with E-state index < -0.39 is 0 Å². The van der Waals surface area contributed by atoms with Gasteiger partial charge in [-0.1, -0.05) is 11.8 Å². The number of aryl methyl sites for hydroxylation is 2. The van der Waals surface area contributed by atoms with Gasteiger partial charge in [-0.3, -0.25) is 4.98 Å². The SMILES string of the molecule is Cc1cc2nc(CCC#Cc3cccnc3)ccn2n1. The first kappa shape index (κ1) is 12.4. The lowest BCUT2D eigenvalue weighted by Crippen LogP contribution is -1.94. The number of hydrogen-bond donors (Lipinski definition) is 0. The van der Waals surface area contributed by atoms with Gasteiger partial charge in [-0.15, -0.1) is 0 Å². The molecule has 0 saturated carbocycles. The molecule has 0 bridgehead atoms. The van der Waals surface area contributed by atoms with Crippen molar-refractivity contribution in [2.45, 2.75) is 19.8 Å². The van der Waals surface area contributed by atoms with E-state index in [1.165, 1.54) is 0 Å². The first-order valence-electron chi connectivity index (χ1n) is 6.52. The number of rotatable bonds is 2. The summed E-state index contributed by atoms with van der Waals surface area (Å²) >= 11 is 0. The molecule has 0 unspecified atom stereocenters. The highest BCUT2D eigenvalue weighted by atomic mass is 15.2. The highest BCUT2D eigenvalue weighted by Gasteiger charge is 2.00. The summed E-state index contributed by atoms with van der Waals surface area (Å²) in [5.41, 5.74) is 3.85. The molecule has 0 radical (unpaired) electrons. The molecule has 3 aromatic rings. The molecular formula is C16H14N4. The molecule has 0 aliphatic carbocycles. The molecule has 0 atom stereocenters. The molecule has 0 N–H and O–H groups in total. The Bertz CT molecular complexity index is 778. The Morgan fingerprint density at radius 3 is 3.10 bits per heavy atom. The van der Waals surface area contributed by atoms with Crippen LogP contribution in [0.25, 0.3) is 5.65 Å². The minimum Gasteiger partial charge on any atom is -0.263 e. The predicted molar refractivity (Wildman–Crippen MR) is 77.2 cm³/mol. The molecule has 20 heavy (non-hydrogen) atoms. The van der Waals surface area contributed by atoms with Gasteiger partial charge in [-0.2, -0.15) is 5.10 Å². The summed E-state index contributed by atoms with van der Waals surface area (Å²) in [6.07, 6.45) is 7.09. The Hall–Kier alpha value is -2.67. The van der Waals surface area contributed by atoms with E-state index in [-0.39, 0.29) is 0 Å². The van der Waals surface area contributed by atoms with Crippen LogP contribution in [0.3, 0.4) is 0 Å². The minimum atomic E-state index is 0.783. The van der Waals surface area contributed by atoms with E-state index in [4.69, 9.17) is 0 Å². The van der Waals surface area contributed by atoms with E-state index in [0.717, 1.165) is 35.4 Å². The van der Waals surface area contributed by atoms with Gasteiger partial charge in [0.15, 0.2) is 5.65 Å². The van der Waals surface area contributed by atoms with Crippen molar-refractivity contribution in [2.75, 3.05) is 0 Å². The number of hydrogen-bond acceptors (Lipinski definition) is 3. The van der Waals surface area contributed by atoms with E-state index >= 15 is 0 Å². The molecule has 0 spiro atoms. The number of fused-ring (bicyclic) bond motifs is 1. The van der Waals surface area contributed by atoms with Gasteiger partial charge in [0.25, 0.3) is 0 Å². The van der Waals surface area contributed by atoms with E-state index in [1.807, 2.05) is 37.4 Å². The lowest BCUT2D eigenvalue weighted by molar-refractivity contribution is 0.884. The van der Waals surface area contributed by atoms with E-state index in [2.05, 4.69) is 26.9 Å². The van der Waals surface area contributed by atoms with Crippen LogP contribution in [-0.2, 0) is 6.42 Å². The lowest BCUT2D eigenvalue weighted by atomic mass is 10.2. The van der Waals surface area contributed by atoms with Crippen molar-refractivity contribution in [1.82, 2.24) is 19.6 Å². The van der Waals surface area contributed by atoms with Gasteiger partial charge in [0.1, 0.15) is 0 Å². The second kappa shape index (κ2) is 5.54. The van der Waals surface area contributed by atoms with Gasteiger partial charge in [0.05, 0.1) is 5.69 Å². The van der Waals surface area contributed by atoms with E-state index in [9.17, 15) is 0 Å². The monoisotopic (exact) mass is 262 g/mol. The summed E-state index contributed by atoms with van der Waals surface area (Å²) in [5, 5.41) is 4.31. The first-order chi connectivity index (χ1) is 9.81. The van der Waals surface area contributed by atoms with Crippen LogP contribution in [0, 0.1) is 18.8 Å². The Balaban J connectivity index is 1.67. The van der Waals surface area contributed by atoms with Crippen LogP contribution >= 0.6 is 0 Å². The Labute approximate surface area is 117 Å². The van der Waals surface area contributed by atoms with Crippen molar-refractivity contribution in [3.8, 4) is 11.8 Å². The van der Waals surface area contributed by atoms with Crippen LogP contribution in [0.4, 0.5) is 0 Å². The second-order valence-corrected chi connectivity index (χ2v) is 4.55. The maximum Gasteiger partial charge on any atom is 0.155 e. The van der Waals surface area contributed by atoms with Crippen LogP contribution in [0.2, 0.25) is 0 Å². The molecular weight excluding hydrogens is 248 g/mol. The van der Waals surface area contributed by atoms with Crippen molar-refractivity contribution in [3.63, 3.8) is 0 Å². The molecule has 98 valence electrons. The quantitative estimate of drug-likeness (QED) is 0.666. The van der Waals surface area contributed by atoms with Gasteiger partial charge in [0.2, 0.25) is 0 Å². The van der Waals surface area contributed by atoms with Crippen LogP contribution in [0.5, 0.6) is 0 Å². The molecule has 4 heteroatoms. The summed E-state index contributed by atoms with van der Waals surface area (Å²) in [7, 11) is 0. The fraction of sp³-hybridized carbons (Fsp3) is 0.188. The fourth-order valence-corrected chi connectivity index (χ4v) is 1.97. The maximum atomic E-state index is 4.56. The molecule has 4 nitrogen and oxygen atoms in total. The van der Waals surface area contributed by atoms with Gasteiger partial charge in [-0.25, -0.2) is 9.50 Å². The first-order valence-corrected chi connectivity index (χ1v) is 6.52. The zero-order valence-corrected chi connectivity index (χ0v) is 11.2. The predicted octanol–water partition coefficient (Wildman–Crippen LogP) is 2.42. The van der Waals surface area contributed by atoms with Crippen molar-refractivity contribution in [1.29, 1.82) is 0 Å². The van der Waals surface area contributed by atoms with E-state index in [0.29, 0.717) is 0 Å². The third kappa shape index (κ3) is 2.83. The summed E-state index contributed by atoms with van der Waals surface area (Å²) in [5.74, 6) is 6.25. The van der Waals surface area contributed by atoms with Crippen LogP contribution in [0.15, 0.2) is 42.9 Å². The summed E-state index contributed by atoms with van der Waals surface area (Å²) in [4.78, 5) is 8.59. The van der Waals surface area contributed by atoms with Gasteiger partial charge < -0.3 is 0 Å². The molecule has 0 saturated heterocycles. The maximum absolute atomic E-state index is 4.56. The number of pyridine rings is 1. The van der Waals surface area contributed by atoms with Crippen molar-refractivity contribution >= 4 is 5.65 Å². The van der Waals surface area contributed by atoms with Gasteiger partial charge in [-0.05, 0) is 25.1 Å². The third-order valence-corrected chi connectivity index (χ3v) is 2.90. The van der Waals surface area contributed by atoms with Crippen molar-refractivity contribution < 1.29 is 0 Å². The standard InChI is InChI=1S/C16H14N4/c1-13-11-16-18-15(8-10-20(16)19-13)7-3-2-5-14-6-4-9-17-12-14/h4,6,8-12H,3,7H2,1H3. The zero-order valence-electron chi connectivity index (χ0n) is 11.2. The summed E-state index contributed by atoms with van der Waals surface area (Å²) in [6, 6.07) is 7.82. The van der Waals surface area contributed by atoms with Gasteiger partial charge in [0, 0.05) is 48.8 Å². The van der Waals surface area contributed by atoms with Crippen LogP contribution in [-0.4, -0.2) is 19.6 Å². The zero-order chi connectivity index (χ0) is 13.8. The second-order valence-electron chi connectivity index (χ2n) is 4.55. The summed E-state index contributed by atoms with van der Waals surface area (Å²) < 4.78 is 1.79. The largest absolute Gasteiger partial charge is 0.263 e. The smallest absolute Gasteiger partial charge is 0.155 e. The normalized spacial score (nSPS) is 10.2. The van der Waals surface area contributed by atoms with Crippen LogP contribution in [0.1, 0.15) is 23.4 Å². The molecule has 0 fully saturated rings. The highest BCUT2D eigenvalue weighted by Crippen LogP contribution is 2.06. The van der Waals surface area contributed by atoms with Crippen LogP contribution < -0.4 is 0 Å². The number of aromatic nitrogens is 4. The minimum absolute atomic E-state index is 0.783. The highest BCUT2D eigenvalue weighted by molar-refractivity contribution is 5.39. The molecule has 0 aliphatic heterocycles. The van der Waals surface area contributed by atoms with Crippen molar-refractivity contribution in [3.05, 3.63) is 59.8 Å². The van der Waals surface area contributed by atoms with Crippen molar-refractivity contribution in [2.24, 2.45) is 0 Å². The molecule has 0 aromatic carbocycles. The fourth-order valence-electron chi connectivity index (χ4n) is 1.97. The third-order valence-electron chi connectivity index (χ3n) is 2.90. The van der Waals surface area contributed by atoms with E-state index in [1.54, 1.807) is 16.9 Å². The Morgan fingerprint density at radius 1 is 1.30 bits per heavy atom. The molecule has 3 aromatic heterocycles. The lowest BCUT2D eigenvalue weighted by Gasteiger charge is -1.97.